The number of nitrogens with one attached hydrogen (secondary N) is 2. The van der Waals surface area contributed by atoms with Gasteiger partial charge >= 0.3 is 12.1 Å². The lowest BCUT2D eigenvalue weighted by Gasteiger charge is -2.48. The van der Waals surface area contributed by atoms with Gasteiger partial charge in [-0.1, -0.05) is 70.2 Å². The minimum Gasteiger partial charge on any atom is -0.448 e. The molecule has 0 radical (unpaired) electrons. The number of amides is 3. The van der Waals surface area contributed by atoms with E-state index in [1.807, 2.05) is 44.2 Å². The second kappa shape index (κ2) is 11.5. The molecule has 2 aromatic rings. The smallest absolute Gasteiger partial charge is 0.436 e. The van der Waals surface area contributed by atoms with E-state index in [1.165, 1.54) is 0 Å². The van der Waals surface area contributed by atoms with Crippen LogP contribution in [-0.2, 0) is 26.4 Å². The molecule has 1 aliphatic carbocycles. The number of anilines is 1. The molecule has 1 aliphatic heterocycles. The van der Waals surface area contributed by atoms with Crippen LogP contribution in [0.15, 0.2) is 30.3 Å². The zero-order valence-electron chi connectivity index (χ0n) is 26.6. The number of rotatable bonds is 9. The maximum absolute atomic E-state index is 14.0. The Balaban J connectivity index is 1.69. The molecule has 2 N–H and O–H groups in total. The largest absolute Gasteiger partial charge is 0.448 e. The van der Waals surface area contributed by atoms with Crippen LogP contribution in [-0.4, -0.2) is 61.1 Å². The van der Waals surface area contributed by atoms with Gasteiger partial charge in [0.05, 0.1) is 45.1 Å². The summed E-state index contributed by atoms with van der Waals surface area (Å²) in [6.07, 6.45) is 2.02. The van der Waals surface area contributed by atoms with E-state index in [0.717, 1.165) is 29.5 Å². The van der Waals surface area contributed by atoms with Gasteiger partial charge in [-0.25, -0.2) is 9.59 Å². The summed E-state index contributed by atoms with van der Waals surface area (Å²) in [5.41, 5.74) is 0.907. The van der Waals surface area contributed by atoms with E-state index in [-0.39, 0.29) is 31.1 Å². The number of nitrogens with zero attached hydrogens (tertiary/aromatic N) is 3. The molecule has 1 aromatic heterocycles. The molecule has 4 rings (SSSR count). The van der Waals surface area contributed by atoms with Crippen molar-refractivity contribution < 1.29 is 23.9 Å². The fourth-order valence-electron chi connectivity index (χ4n) is 6.45. The highest BCUT2D eigenvalue weighted by Gasteiger charge is 2.54. The fraction of sp³-hybridized carbons (Fsp3) is 0.613. The number of urea groups is 1. The number of methoxy groups -OCH3 is 1. The highest BCUT2D eigenvalue weighted by atomic mass is 28.3. The Morgan fingerprint density at radius 2 is 1.76 bits per heavy atom. The number of carbonyl (C=O) groups is 3. The lowest BCUT2D eigenvalue weighted by atomic mass is 9.81. The highest BCUT2D eigenvalue weighted by Crippen LogP contribution is 2.56. The van der Waals surface area contributed by atoms with Gasteiger partial charge in [0.2, 0.25) is 5.91 Å². The lowest BCUT2D eigenvalue weighted by Crippen LogP contribution is -2.52. The van der Waals surface area contributed by atoms with Gasteiger partial charge in [0.1, 0.15) is 5.82 Å². The number of hydrogen-bond acceptors (Lipinski definition) is 6. The van der Waals surface area contributed by atoms with Crippen LogP contribution in [0.4, 0.5) is 15.4 Å². The van der Waals surface area contributed by atoms with E-state index in [1.54, 1.807) is 18.9 Å². The molecule has 1 aromatic carbocycles. The average Bonchev–Trinajstić information content (AvgIpc) is 3.35. The first-order valence-electron chi connectivity index (χ1n) is 14.8. The molecule has 0 saturated heterocycles. The summed E-state index contributed by atoms with van der Waals surface area (Å²) < 4.78 is 12.0. The molecule has 0 bridgehead atoms. The van der Waals surface area contributed by atoms with E-state index in [2.05, 4.69) is 49.2 Å². The van der Waals surface area contributed by atoms with Crippen molar-refractivity contribution >= 4 is 31.9 Å². The molecule has 10 nitrogen and oxygen atoms in total. The molecule has 2 aliphatic rings. The van der Waals surface area contributed by atoms with E-state index in [0.29, 0.717) is 23.7 Å². The number of carbonyl (C=O) groups excluding carboxylic acids is 3. The van der Waals surface area contributed by atoms with Gasteiger partial charge in [-0.05, 0) is 39.2 Å². The van der Waals surface area contributed by atoms with Crippen molar-refractivity contribution in [2.45, 2.75) is 96.7 Å². The zero-order valence-corrected chi connectivity index (χ0v) is 27.6. The second-order valence-corrected chi connectivity index (χ2v) is 19.2. The van der Waals surface area contributed by atoms with Gasteiger partial charge in [0, 0.05) is 23.1 Å². The molecule has 42 heavy (non-hydrogen) atoms. The Kier molecular flexibility index (Phi) is 8.68. The third-order valence-corrected chi connectivity index (χ3v) is 12.8. The highest BCUT2D eigenvalue weighted by molar-refractivity contribution is 6.83. The van der Waals surface area contributed by atoms with Crippen LogP contribution in [0, 0.1) is 5.41 Å². The summed E-state index contributed by atoms with van der Waals surface area (Å²) in [7, 11) is -0.229. The molecule has 1 saturated carbocycles. The van der Waals surface area contributed by atoms with Crippen molar-refractivity contribution in [3.8, 4) is 0 Å². The summed E-state index contributed by atoms with van der Waals surface area (Å²) in [6.45, 7) is 17.1. The van der Waals surface area contributed by atoms with E-state index in [9.17, 15) is 14.4 Å². The predicted octanol–water partition coefficient (Wildman–Crippen LogP) is 6.26. The SMILES string of the molecule is CCOC(=O)n1nc2c(c1NC(=O)C1([Si](C)(C)C)CCC1)CN(C(=O)NC(c1ccccc1)C(C)(C)COC)C2(C)C. The van der Waals surface area contributed by atoms with Crippen molar-refractivity contribution in [1.82, 2.24) is 20.0 Å². The molecule has 0 spiro atoms. The van der Waals surface area contributed by atoms with Crippen LogP contribution in [0.3, 0.4) is 0 Å². The molecule has 3 amide bonds. The van der Waals surface area contributed by atoms with E-state index < -0.39 is 30.2 Å². The predicted molar refractivity (Wildman–Crippen MR) is 165 cm³/mol. The molecule has 2 heterocycles. The number of aromatic nitrogens is 2. The topological polar surface area (TPSA) is 115 Å². The first-order valence-corrected chi connectivity index (χ1v) is 18.3. The van der Waals surface area contributed by atoms with Crippen LogP contribution in [0.2, 0.25) is 24.7 Å². The van der Waals surface area contributed by atoms with Gasteiger partial charge in [0.15, 0.2) is 0 Å². The standard InChI is InChI=1S/C31H47N5O5Si/c1-10-41-28(39)36-25(33-26(37)31(17-14-18-31)42(7,8)9)22-19-35(30(4,5)24(22)34-36)27(38)32-23(29(2,3)20-40-6)21-15-12-11-13-16-21/h11-13,15-16,23H,10,14,17-20H2,1-9H3,(H,32,38)(H,33,37). The Hall–Kier alpha value is -3.18. The number of fused-ring (bicyclic) bond motifs is 1. The van der Waals surface area contributed by atoms with Gasteiger partial charge in [-0.15, -0.1) is 4.68 Å². The van der Waals surface area contributed by atoms with E-state index in [4.69, 9.17) is 9.47 Å². The number of hydrogen-bond donors (Lipinski definition) is 2. The van der Waals surface area contributed by atoms with Crippen molar-refractivity contribution in [3.63, 3.8) is 0 Å². The summed E-state index contributed by atoms with van der Waals surface area (Å²) in [4.78, 5) is 42.6. The zero-order chi connectivity index (χ0) is 31.1. The Morgan fingerprint density at radius 3 is 2.29 bits per heavy atom. The van der Waals surface area contributed by atoms with Crippen molar-refractivity contribution in [3.05, 3.63) is 47.2 Å². The normalized spacial score (nSPS) is 18.1. The Labute approximate surface area is 250 Å². The second-order valence-electron chi connectivity index (χ2n) is 13.8. The summed E-state index contributed by atoms with van der Waals surface area (Å²) in [6, 6.07) is 9.25. The fourth-order valence-corrected chi connectivity index (χ4v) is 9.05. The van der Waals surface area contributed by atoms with Crippen molar-refractivity contribution in [2.24, 2.45) is 5.41 Å². The third kappa shape index (κ3) is 5.48. The average molecular weight is 598 g/mol. The van der Waals surface area contributed by atoms with Gasteiger partial charge in [0.25, 0.3) is 0 Å². The monoisotopic (exact) mass is 597 g/mol. The Morgan fingerprint density at radius 1 is 1.12 bits per heavy atom. The minimum absolute atomic E-state index is 0.0765. The van der Waals surface area contributed by atoms with Gasteiger partial charge in [-0.2, -0.15) is 5.10 Å². The third-order valence-electron chi connectivity index (χ3n) is 9.25. The molecule has 1 unspecified atom stereocenters. The minimum atomic E-state index is -1.88. The molecule has 1 atom stereocenters. The summed E-state index contributed by atoms with van der Waals surface area (Å²) in [5, 5.41) is 10.6. The van der Waals surface area contributed by atoms with Crippen LogP contribution >= 0.6 is 0 Å². The van der Waals surface area contributed by atoms with Crippen molar-refractivity contribution in [1.29, 1.82) is 0 Å². The van der Waals surface area contributed by atoms with Gasteiger partial charge < -0.3 is 25.0 Å². The van der Waals surface area contributed by atoms with Crippen LogP contribution < -0.4 is 10.6 Å². The maximum Gasteiger partial charge on any atom is 0.436 e. The molecular weight excluding hydrogens is 550 g/mol. The van der Waals surface area contributed by atoms with Crippen LogP contribution in [0.25, 0.3) is 0 Å². The molecule has 230 valence electrons. The number of ether oxygens (including phenoxy) is 2. The molecule has 11 heteroatoms. The Bertz CT molecular complexity index is 1330. The van der Waals surface area contributed by atoms with Crippen LogP contribution in [0.1, 0.15) is 76.7 Å². The van der Waals surface area contributed by atoms with E-state index >= 15 is 0 Å². The summed E-state index contributed by atoms with van der Waals surface area (Å²) >= 11 is 0. The quantitative estimate of drug-likeness (QED) is 0.330. The first-order chi connectivity index (χ1) is 19.6. The van der Waals surface area contributed by atoms with Crippen LogP contribution in [0.5, 0.6) is 0 Å². The van der Waals surface area contributed by atoms with Crippen molar-refractivity contribution in [2.75, 3.05) is 25.6 Å². The maximum atomic E-state index is 14.0. The lowest BCUT2D eigenvalue weighted by molar-refractivity contribution is -0.121. The number of benzene rings is 1. The summed E-state index contributed by atoms with van der Waals surface area (Å²) in [5.74, 6) is 0.216. The first kappa shape index (κ1) is 31.7. The molecule has 1 fully saturated rings. The molecular formula is C31H47N5O5Si. The van der Waals surface area contributed by atoms with Gasteiger partial charge in [-0.3, -0.25) is 4.79 Å².